The van der Waals surface area contributed by atoms with Crippen LogP contribution in [-0.2, 0) is 11.4 Å². The number of carbonyl (C=O) groups excluding carboxylic acids is 1. The Kier molecular flexibility index (Phi) is 7.93. The summed E-state index contributed by atoms with van der Waals surface area (Å²) in [4.78, 5) is 12.8. The monoisotopic (exact) mass is 431 g/mol. The van der Waals surface area contributed by atoms with E-state index in [-0.39, 0.29) is 5.91 Å². The first-order chi connectivity index (χ1) is 15.3. The minimum absolute atomic E-state index is 0.00203. The van der Waals surface area contributed by atoms with Gasteiger partial charge < -0.3 is 14.8 Å². The van der Waals surface area contributed by atoms with E-state index in [1.807, 2.05) is 75.4 Å². The van der Waals surface area contributed by atoms with Gasteiger partial charge in [-0.1, -0.05) is 56.3 Å². The van der Waals surface area contributed by atoms with Crippen molar-refractivity contribution in [3.05, 3.63) is 89.5 Å². The number of nitrogens with one attached hydrogen (secondary N) is 1. The summed E-state index contributed by atoms with van der Waals surface area (Å²) in [6, 6.07) is 23.7. The van der Waals surface area contributed by atoms with Crippen LogP contribution in [0.2, 0.25) is 0 Å². The zero-order valence-corrected chi connectivity index (χ0v) is 19.5. The third-order valence-electron chi connectivity index (χ3n) is 5.52. The normalized spacial score (nSPS) is 11.1. The minimum Gasteiger partial charge on any atom is -0.493 e. The Morgan fingerprint density at radius 2 is 1.62 bits per heavy atom. The van der Waals surface area contributed by atoms with Crippen molar-refractivity contribution >= 4 is 11.6 Å². The molecule has 0 aliphatic rings. The first-order valence-electron chi connectivity index (χ1n) is 11.1. The van der Waals surface area contributed by atoms with E-state index in [9.17, 15) is 4.79 Å². The van der Waals surface area contributed by atoms with E-state index in [0.29, 0.717) is 13.2 Å². The molecule has 3 aromatic rings. The molecule has 0 aliphatic carbocycles. The van der Waals surface area contributed by atoms with Gasteiger partial charge in [-0.2, -0.15) is 0 Å². The molecule has 0 spiro atoms. The number of anilines is 1. The molecule has 0 radical (unpaired) electrons. The first-order valence-corrected chi connectivity index (χ1v) is 11.1. The van der Waals surface area contributed by atoms with E-state index < -0.39 is 5.41 Å². The maximum atomic E-state index is 12.8. The van der Waals surface area contributed by atoms with Gasteiger partial charge in [0, 0.05) is 11.1 Å². The zero-order chi connectivity index (χ0) is 23.0. The molecule has 4 nitrogen and oxygen atoms in total. The van der Waals surface area contributed by atoms with Gasteiger partial charge in [-0.25, -0.2) is 0 Å². The van der Waals surface area contributed by atoms with E-state index in [1.54, 1.807) is 0 Å². The Labute approximate surface area is 191 Å². The van der Waals surface area contributed by atoms with Crippen LogP contribution in [0.15, 0.2) is 72.8 Å². The summed E-state index contributed by atoms with van der Waals surface area (Å²) in [5, 5.41) is 3.02. The number of hydrogen-bond acceptors (Lipinski definition) is 3. The zero-order valence-electron chi connectivity index (χ0n) is 19.5. The van der Waals surface area contributed by atoms with Gasteiger partial charge >= 0.3 is 0 Å². The Balaban J connectivity index is 1.44. The van der Waals surface area contributed by atoms with Crippen molar-refractivity contribution in [1.29, 1.82) is 0 Å². The Morgan fingerprint density at radius 1 is 0.906 bits per heavy atom. The molecule has 0 aromatic heterocycles. The van der Waals surface area contributed by atoms with Crippen LogP contribution in [0, 0.1) is 19.3 Å². The molecule has 0 atom stereocenters. The molecule has 4 heteroatoms. The van der Waals surface area contributed by atoms with Gasteiger partial charge in [0.1, 0.15) is 18.1 Å². The van der Waals surface area contributed by atoms with E-state index in [2.05, 4.69) is 30.4 Å². The second-order valence-electron chi connectivity index (χ2n) is 8.86. The van der Waals surface area contributed by atoms with Gasteiger partial charge in [0.2, 0.25) is 5.91 Å². The largest absolute Gasteiger partial charge is 0.493 e. The van der Waals surface area contributed by atoms with Crippen molar-refractivity contribution in [1.82, 2.24) is 0 Å². The summed E-state index contributed by atoms with van der Waals surface area (Å²) in [6.45, 7) is 9.15. The highest BCUT2D eigenvalue weighted by Crippen LogP contribution is 2.26. The smallest absolute Gasteiger partial charge is 0.230 e. The van der Waals surface area contributed by atoms with Gasteiger partial charge in [-0.15, -0.1) is 0 Å². The van der Waals surface area contributed by atoms with Gasteiger partial charge in [0.05, 0.1) is 6.61 Å². The number of benzene rings is 3. The lowest BCUT2D eigenvalue weighted by Gasteiger charge is -2.24. The summed E-state index contributed by atoms with van der Waals surface area (Å²) >= 11 is 0. The topological polar surface area (TPSA) is 47.6 Å². The molecule has 0 heterocycles. The average molecular weight is 432 g/mol. The molecule has 1 amide bonds. The highest BCUT2D eigenvalue weighted by molar-refractivity contribution is 5.94. The molecule has 0 bridgehead atoms. The molecule has 1 N–H and O–H groups in total. The molecule has 168 valence electrons. The van der Waals surface area contributed by atoms with Gasteiger partial charge in [0.25, 0.3) is 0 Å². The molecule has 0 saturated carbocycles. The quantitative estimate of drug-likeness (QED) is 0.363. The number of ether oxygens (including phenoxy) is 2. The summed E-state index contributed by atoms with van der Waals surface area (Å²) < 4.78 is 11.7. The van der Waals surface area contributed by atoms with E-state index in [1.165, 1.54) is 5.56 Å². The lowest BCUT2D eigenvalue weighted by Crippen LogP contribution is -2.31. The van der Waals surface area contributed by atoms with Crippen molar-refractivity contribution in [3.63, 3.8) is 0 Å². The predicted octanol–water partition coefficient (Wildman–Crippen LogP) is 6.71. The van der Waals surface area contributed by atoms with Crippen LogP contribution in [0.3, 0.4) is 0 Å². The van der Waals surface area contributed by atoms with E-state index in [0.717, 1.165) is 41.2 Å². The predicted molar refractivity (Wildman–Crippen MR) is 130 cm³/mol. The summed E-state index contributed by atoms with van der Waals surface area (Å²) in [6.07, 6.45) is 1.54. The number of amides is 1. The second kappa shape index (κ2) is 10.9. The van der Waals surface area contributed by atoms with Gasteiger partial charge in [-0.3, -0.25) is 4.79 Å². The maximum absolute atomic E-state index is 12.8. The van der Waals surface area contributed by atoms with E-state index >= 15 is 0 Å². The molecule has 32 heavy (non-hydrogen) atoms. The van der Waals surface area contributed by atoms with Crippen molar-refractivity contribution in [2.75, 3.05) is 11.9 Å². The SMILES string of the molecule is Cc1ccc(C)c(OCCCC(C)(C)C(=O)Nc2ccc(OCc3ccccc3)cc2)c1. The molecule has 3 rings (SSSR count). The number of aryl methyl sites for hydroxylation is 2. The lowest BCUT2D eigenvalue weighted by atomic mass is 9.87. The summed E-state index contributed by atoms with van der Waals surface area (Å²) in [5.41, 5.74) is 3.70. The molecule has 0 aliphatic heterocycles. The molecular weight excluding hydrogens is 398 g/mol. The third kappa shape index (κ3) is 6.88. The minimum atomic E-state index is -0.493. The molecular formula is C28H33NO3. The van der Waals surface area contributed by atoms with E-state index in [4.69, 9.17) is 9.47 Å². The number of hydrogen-bond donors (Lipinski definition) is 1. The Hall–Kier alpha value is -3.27. The van der Waals surface area contributed by atoms with Crippen molar-refractivity contribution in [3.8, 4) is 11.5 Å². The number of rotatable bonds is 10. The summed E-state index contributed by atoms with van der Waals surface area (Å²) in [5.74, 6) is 1.69. The van der Waals surface area contributed by atoms with Crippen molar-refractivity contribution in [2.24, 2.45) is 5.41 Å². The van der Waals surface area contributed by atoms with Crippen molar-refractivity contribution in [2.45, 2.75) is 47.1 Å². The van der Waals surface area contributed by atoms with Crippen LogP contribution in [0.4, 0.5) is 5.69 Å². The average Bonchev–Trinajstić information content (AvgIpc) is 2.79. The van der Waals surface area contributed by atoms with Crippen LogP contribution in [-0.4, -0.2) is 12.5 Å². The first kappa shape index (κ1) is 23.4. The molecule has 3 aromatic carbocycles. The fourth-order valence-corrected chi connectivity index (χ4v) is 3.35. The maximum Gasteiger partial charge on any atom is 0.230 e. The van der Waals surface area contributed by atoms with Crippen molar-refractivity contribution < 1.29 is 14.3 Å². The van der Waals surface area contributed by atoms with Crippen LogP contribution in [0.5, 0.6) is 11.5 Å². The second-order valence-corrected chi connectivity index (χ2v) is 8.86. The highest BCUT2D eigenvalue weighted by atomic mass is 16.5. The van der Waals surface area contributed by atoms with Gasteiger partial charge in [-0.05, 0) is 73.7 Å². The van der Waals surface area contributed by atoms with Crippen LogP contribution < -0.4 is 14.8 Å². The van der Waals surface area contributed by atoms with Crippen LogP contribution in [0.25, 0.3) is 0 Å². The summed E-state index contributed by atoms with van der Waals surface area (Å²) in [7, 11) is 0. The number of carbonyl (C=O) groups is 1. The fraction of sp³-hybridized carbons (Fsp3) is 0.321. The standard InChI is InChI=1S/C28H33NO3/c1-21-11-12-22(2)26(19-21)31-18-8-17-28(3,4)27(30)29-24-13-15-25(16-14-24)32-20-23-9-6-5-7-10-23/h5-7,9-16,19H,8,17-18,20H2,1-4H3,(H,29,30). The van der Waals surface area contributed by atoms with Crippen LogP contribution >= 0.6 is 0 Å². The fourth-order valence-electron chi connectivity index (χ4n) is 3.35. The Morgan fingerprint density at radius 3 is 2.34 bits per heavy atom. The third-order valence-corrected chi connectivity index (χ3v) is 5.52. The van der Waals surface area contributed by atoms with Crippen LogP contribution in [0.1, 0.15) is 43.4 Å². The lowest BCUT2D eigenvalue weighted by molar-refractivity contribution is -0.124. The molecule has 0 fully saturated rings. The molecule has 0 unspecified atom stereocenters. The highest BCUT2D eigenvalue weighted by Gasteiger charge is 2.27. The van der Waals surface area contributed by atoms with Gasteiger partial charge in [0.15, 0.2) is 0 Å². The molecule has 0 saturated heterocycles. The Bertz CT molecular complexity index is 1010.